The second-order valence-electron chi connectivity index (χ2n) is 4.38. The lowest BCUT2D eigenvalue weighted by atomic mass is 10.2. The van der Waals surface area contributed by atoms with Crippen molar-refractivity contribution >= 4 is 5.91 Å². The van der Waals surface area contributed by atoms with Crippen LogP contribution in [0.5, 0.6) is 5.75 Å². The van der Waals surface area contributed by atoms with Crippen molar-refractivity contribution in [2.24, 2.45) is 5.84 Å². The number of furan rings is 1. The minimum Gasteiger partial charge on any atom is -0.482 e. The number of amides is 1. The van der Waals surface area contributed by atoms with E-state index in [0.717, 1.165) is 13.0 Å². The molecule has 0 aliphatic carbocycles. The monoisotopic (exact) mass is 278 g/mol. The van der Waals surface area contributed by atoms with Crippen LogP contribution in [0.15, 0.2) is 22.9 Å². The third kappa shape index (κ3) is 3.18. The Kier molecular flexibility index (Phi) is 4.41. The summed E-state index contributed by atoms with van der Waals surface area (Å²) in [7, 11) is 0. The first-order valence-corrected chi connectivity index (χ1v) is 6.39. The molecule has 7 heteroatoms. The Hall–Kier alpha value is -2.28. The van der Waals surface area contributed by atoms with Crippen molar-refractivity contribution < 1.29 is 13.9 Å². The summed E-state index contributed by atoms with van der Waals surface area (Å²) in [6.07, 6.45) is 4.49. The molecule has 0 saturated heterocycles. The molecule has 2 rings (SSSR count). The van der Waals surface area contributed by atoms with Gasteiger partial charge in [-0.05, 0) is 19.4 Å². The molecule has 0 saturated carbocycles. The number of carbonyl (C=O) groups excluding carboxylic acids is 1. The number of hydrogen-bond acceptors (Lipinski definition) is 5. The molecule has 108 valence electrons. The quantitative estimate of drug-likeness (QED) is 0.473. The van der Waals surface area contributed by atoms with Crippen molar-refractivity contribution in [3.63, 3.8) is 0 Å². The lowest BCUT2D eigenvalue weighted by Crippen LogP contribution is -2.30. The number of nitrogens with one attached hydrogen (secondary N) is 1. The number of nitrogen functional groups attached to an aromatic ring is 1. The summed E-state index contributed by atoms with van der Waals surface area (Å²) in [5, 5.41) is 4.16. The average molecular weight is 278 g/mol. The van der Waals surface area contributed by atoms with Crippen LogP contribution in [0.4, 0.5) is 0 Å². The lowest BCUT2D eigenvalue weighted by Gasteiger charge is -1.99. The molecule has 2 heterocycles. The zero-order chi connectivity index (χ0) is 14.5. The van der Waals surface area contributed by atoms with Crippen LogP contribution in [0.1, 0.15) is 35.2 Å². The Morgan fingerprint density at radius 3 is 3.10 bits per heavy atom. The summed E-state index contributed by atoms with van der Waals surface area (Å²) in [4.78, 5) is 11.4. The van der Waals surface area contributed by atoms with Crippen molar-refractivity contribution in [1.82, 2.24) is 15.2 Å². The lowest BCUT2D eigenvalue weighted by molar-refractivity contribution is 0.0952. The maximum absolute atomic E-state index is 11.4. The van der Waals surface area contributed by atoms with E-state index in [1.807, 2.05) is 10.9 Å². The topological polar surface area (TPSA) is 95.3 Å². The number of hydrazine groups is 1. The Bertz CT molecular complexity index is 588. The fourth-order valence-corrected chi connectivity index (χ4v) is 1.84. The Morgan fingerprint density at radius 1 is 1.60 bits per heavy atom. The van der Waals surface area contributed by atoms with Gasteiger partial charge in [0.1, 0.15) is 18.1 Å². The minimum atomic E-state index is -0.381. The highest BCUT2D eigenvalue weighted by Crippen LogP contribution is 2.17. The van der Waals surface area contributed by atoms with E-state index < -0.39 is 0 Å². The molecule has 0 unspecified atom stereocenters. The zero-order valence-electron chi connectivity index (χ0n) is 11.5. The van der Waals surface area contributed by atoms with Crippen LogP contribution in [-0.2, 0) is 13.2 Å². The van der Waals surface area contributed by atoms with Crippen molar-refractivity contribution in [3.05, 3.63) is 35.5 Å². The molecule has 0 radical (unpaired) electrons. The second kappa shape index (κ2) is 6.25. The van der Waals surface area contributed by atoms with Gasteiger partial charge in [-0.3, -0.25) is 14.9 Å². The first kappa shape index (κ1) is 14.1. The molecule has 0 bridgehead atoms. The number of hydrogen-bond donors (Lipinski definition) is 2. The number of ether oxygens (including phenoxy) is 1. The molecule has 3 N–H and O–H groups in total. The summed E-state index contributed by atoms with van der Waals surface area (Å²) < 4.78 is 12.8. The van der Waals surface area contributed by atoms with E-state index in [-0.39, 0.29) is 12.5 Å². The third-order valence-corrected chi connectivity index (χ3v) is 2.79. The fourth-order valence-electron chi connectivity index (χ4n) is 1.84. The average Bonchev–Trinajstić information content (AvgIpc) is 3.03. The molecule has 0 fully saturated rings. The number of aryl methyl sites for hydroxylation is 2. The van der Waals surface area contributed by atoms with Crippen molar-refractivity contribution in [1.29, 1.82) is 0 Å². The number of nitrogens with zero attached hydrogens (tertiary/aromatic N) is 2. The van der Waals surface area contributed by atoms with Crippen LogP contribution in [0.25, 0.3) is 0 Å². The Labute approximate surface area is 116 Å². The van der Waals surface area contributed by atoms with Gasteiger partial charge < -0.3 is 9.15 Å². The molecule has 20 heavy (non-hydrogen) atoms. The standard InChI is InChI=1S/C13H18N4O3/c1-3-4-17-7-11(6-15-17)19-8-10-5-12(9(2)20-10)13(18)16-14/h5-7H,3-4,8,14H2,1-2H3,(H,16,18). The van der Waals surface area contributed by atoms with Gasteiger partial charge in [-0.1, -0.05) is 6.92 Å². The van der Waals surface area contributed by atoms with Crippen LogP contribution >= 0.6 is 0 Å². The van der Waals surface area contributed by atoms with Crippen LogP contribution in [0.2, 0.25) is 0 Å². The Balaban J connectivity index is 1.98. The van der Waals surface area contributed by atoms with E-state index in [4.69, 9.17) is 15.0 Å². The molecule has 2 aromatic heterocycles. The molecular formula is C13H18N4O3. The third-order valence-electron chi connectivity index (χ3n) is 2.79. The van der Waals surface area contributed by atoms with Gasteiger partial charge in [0, 0.05) is 6.54 Å². The van der Waals surface area contributed by atoms with E-state index in [2.05, 4.69) is 17.4 Å². The highest BCUT2D eigenvalue weighted by atomic mass is 16.5. The van der Waals surface area contributed by atoms with Crippen LogP contribution in [0, 0.1) is 6.92 Å². The highest BCUT2D eigenvalue weighted by molar-refractivity contribution is 5.94. The first-order valence-electron chi connectivity index (χ1n) is 6.39. The SMILES string of the molecule is CCCn1cc(OCc2cc(C(=O)NN)c(C)o2)cn1. The smallest absolute Gasteiger partial charge is 0.268 e. The van der Waals surface area contributed by atoms with E-state index in [9.17, 15) is 4.79 Å². The molecule has 7 nitrogen and oxygen atoms in total. The maximum Gasteiger partial charge on any atom is 0.268 e. The molecule has 1 amide bonds. The largest absolute Gasteiger partial charge is 0.482 e. The second-order valence-corrected chi connectivity index (χ2v) is 4.38. The van der Waals surface area contributed by atoms with Gasteiger partial charge in [-0.15, -0.1) is 0 Å². The normalized spacial score (nSPS) is 10.6. The minimum absolute atomic E-state index is 0.233. The van der Waals surface area contributed by atoms with Gasteiger partial charge in [-0.25, -0.2) is 5.84 Å². The summed E-state index contributed by atoms with van der Waals surface area (Å²) in [6.45, 7) is 4.87. The molecule has 2 aromatic rings. The van der Waals surface area contributed by atoms with Crippen LogP contribution < -0.4 is 16.0 Å². The van der Waals surface area contributed by atoms with Gasteiger partial charge in [0.05, 0.1) is 18.0 Å². The Morgan fingerprint density at radius 2 is 2.40 bits per heavy atom. The predicted octanol–water partition coefficient (Wildman–Crippen LogP) is 1.38. The number of nitrogens with two attached hydrogens (primary N) is 1. The van der Waals surface area contributed by atoms with Gasteiger partial charge >= 0.3 is 0 Å². The van der Waals surface area contributed by atoms with Gasteiger partial charge in [0.15, 0.2) is 5.75 Å². The van der Waals surface area contributed by atoms with Gasteiger partial charge in [0.25, 0.3) is 5.91 Å². The molecule has 0 spiro atoms. The first-order chi connectivity index (χ1) is 9.63. The zero-order valence-corrected chi connectivity index (χ0v) is 11.5. The van der Waals surface area contributed by atoms with Crippen molar-refractivity contribution in [2.45, 2.75) is 33.4 Å². The van der Waals surface area contributed by atoms with E-state index in [1.165, 1.54) is 0 Å². The summed E-state index contributed by atoms with van der Waals surface area (Å²) in [5.74, 6) is 6.45. The number of rotatable bonds is 6. The summed E-state index contributed by atoms with van der Waals surface area (Å²) in [6, 6.07) is 1.62. The molecule has 0 aliphatic heterocycles. The highest BCUT2D eigenvalue weighted by Gasteiger charge is 2.14. The predicted molar refractivity (Wildman–Crippen MR) is 71.9 cm³/mol. The van der Waals surface area contributed by atoms with E-state index >= 15 is 0 Å². The summed E-state index contributed by atoms with van der Waals surface area (Å²) in [5.41, 5.74) is 2.48. The number of carbonyl (C=O) groups is 1. The van der Waals surface area contributed by atoms with Crippen LogP contribution in [0.3, 0.4) is 0 Å². The molecule has 0 atom stereocenters. The summed E-state index contributed by atoms with van der Waals surface area (Å²) >= 11 is 0. The number of aromatic nitrogens is 2. The van der Waals surface area contributed by atoms with Crippen LogP contribution in [-0.4, -0.2) is 15.7 Å². The van der Waals surface area contributed by atoms with E-state index in [1.54, 1.807) is 19.2 Å². The van der Waals surface area contributed by atoms with Gasteiger partial charge in [0.2, 0.25) is 0 Å². The van der Waals surface area contributed by atoms with E-state index in [0.29, 0.717) is 22.8 Å². The molecule has 0 aromatic carbocycles. The van der Waals surface area contributed by atoms with Crippen molar-refractivity contribution in [2.75, 3.05) is 0 Å². The molecular weight excluding hydrogens is 260 g/mol. The van der Waals surface area contributed by atoms with Crippen molar-refractivity contribution in [3.8, 4) is 5.75 Å². The van der Waals surface area contributed by atoms with Gasteiger partial charge in [-0.2, -0.15) is 5.10 Å². The fraction of sp³-hybridized carbons (Fsp3) is 0.385. The molecule has 0 aliphatic rings. The maximum atomic E-state index is 11.4.